The van der Waals surface area contributed by atoms with Crippen LogP contribution < -0.4 is 0 Å². The van der Waals surface area contributed by atoms with E-state index in [1.54, 1.807) is 10.7 Å². The van der Waals surface area contributed by atoms with E-state index in [0.29, 0.717) is 0 Å². The zero-order valence-corrected chi connectivity index (χ0v) is 9.19. The molecule has 0 atom stereocenters. The van der Waals surface area contributed by atoms with Crippen LogP contribution in [-0.4, -0.2) is 14.6 Å². The molecule has 0 radical (unpaired) electrons. The number of hydrogen-bond donors (Lipinski definition) is 0. The van der Waals surface area contributed by atoms with Crippen LogP contribution in [0.25, 0.3) is 5.65 Å². The van der Waals surface area contributed by atoms with Gasteiger partial charge >= 0.3 is 0 Å². The van der Waals surface area contributed by atoms with Gasteiger partial charge in [-0.1, -0.05) is 11.6 Å². The molecule has 1 aliphatic heterocycles. The van der Waals surface area contributed by atoms with E-state index in [0.717, 1.165) is 39.1 Å². The molecular formula is C9H8ClN3S. The lowest BCUT2D eigenvalue weighted by Crippen LogP contribution is -1.99. The van der Waals surface area contributed by atoms with Crippen molar-refractivity contribution in [2.24, 2.45) is 0 Å². The van der Waals surface area contributed by atoms with Gasteiger partial charge in [0.15, 0.2) is 5.65 Å². The molecule has 5 heteroatoms. The number of aromatic nitrogens is 3. The second-order valence-electron chi connectivity index (χ2n) is 3.38. The minimum absolute atomic E-state index is 0.725. The van der Waals surface area contributed by atoms with Crippen molar-refractivity contribution in [3.8, 4) is 0 Å². The Kier molecular flexibility index (Phi) is 1.76. The summed E-state index contributed by atoms with van der Waals surface area (Å²) < 4.78 is 1.72. The van der Waals surface area contributed by atoms with Gasteiger partial charge in [0.25, 0.3) is 0 Å². The van der Waals surface area contributed by atoms with Gasteiger partial charge in [-0.15, -0.1) is 0 Å². The summed E-state index contributed by atoms with van der Waals surface area (Å²) in [7, 11) is 0. The Labute approximate surface area is 90.5 Å². The fraction of sp³-hybridized carbons (Fsp3) is 0.333. The van der Waals surface area contributed by atoms with Gasteiger partial charge in [-0.05, 0) is 6.92 Å². The number of rotatable bonds is 0. The van der Waals surface area contributed by atoms with Crippen LogP contribution in [0, 0.1) is 6.92 Å². The molecule has 2 aromatic heterocycles. The molecule has 0 aromatic carbocycles. The summed E-state index contributed by atoms with van der Waals surface area (Å²) in [4.78, 5) is 4.57. The number of fused-ring (bicyclic) bond motifs is 2. The zero-order valence-electron chi connectivity index (χ0n) is 7.62. The number of halogens is 1. The third-order valence-corrected chi connectivity index (χ3v) is 3.79. The maximum atomic E-state index is 6.25. The molecule has 2 aromatic rings. The van der Waals surface area contributed by atoms with Gasteiger partial charge in [-0.25, -0.2) is 9.50 Å². The first kappa shape index (κ1) is 8.56. The van der Waals surface area contributed by atoms with Gasteiger partial charge in [0, 0.05) is 22.6 Å². The summed E-state index contributed by atoms with van der Waals surface area (Å²) in [5.74, 6) is 1.92. The highest BCUT2D eigenvalue weighted by atomic mass is 35.5. The maximum absolute atomic E-state index is 6.25. The van der Waals surface area contributed by atoms with Crippen LogP contribution in [0.15, 0.2) is 6.20 Å². The molecule has 3 heterocycles. The fourth-order valence-corrected chi connectivity index (χ4v) is 3.08. The fourth-order valence-electron chi connectivity index (χ4n) is 1.66. The molecular weight excluding hydrogens is 218 g/mol. The summed E-state index contributed by atoms with van der Waals surface area (Å²) in [6, 6.07) is 0. The normalized spacial score (nSPS) is 15.0. The van der Waals surface area contributed by atoms with Crippen molar-refractivity contribution in [3.05, 3.63) is 28.2 Å². The summed E-state index contributed by atoms with van der Waals surface area (Å²) in [5.41, 5.74) is 4.23. The smallest absolute Gasteiger partial charge is 0.159 e. The molecule has 0 unspecified atom stereocenters. The van der Waals surface area contributed by atoms with Crippen LogP contribution in [0.5, 0.6) is 0 Å². The lowest BCUT2D eigenvalue weighted by Gasteiger charge is -2.03. The minimum Gasteiger partial charge on any atom is -0.232 e. The molecule has 0 fully saturated rings. The van der Waals surface area contributed by atoms with Crippen molar-refractivity contribution in [3.63, 3.8) is 0 Å². The maximum Gasteiger partial charge on any atom is 0.159 e. The molecule has 1 aliphatic rings. The molecule has 0 amide bonds. The van der Waals surface area contributed by atoms with Crippen molar-refractivity contribution in [2.75, 3.05) is 0 Å². The molecule has 0 saturated carbocycles. The van der Waals surface area contributed by atoms with Crippen LogP contribution in [-0.2, 0) is 11.5 Å². The number of thioether (sulfide) groups is 1. The molecule has 0 aliphatic carbocycles. The van der Waals surface area contributed by atoms with E-state index in [1.807, 2.05) is 18.7 Å². The summed E-state index contributed by atoms with van der Waals surface area (Å²) >= 11 is 8.10. The molecule has 3 rings (SSSR count). The summed E-state index contributed by atoms with van der Waals surface area (Å²) in [5, 5.41) is 4.93. The number of nitrogens with zero attached hydrogens (tertiary/aromatic N) is 3. The Bertz CT molecular complexity index is 520. The van der Waals surface area contributed by atoms with Gasteiger partial charge in [-0.2, -0.15) is 16.9 Å². The Morgan fingerprint density at radius 1 is 1.50 bits per heavy atom. The van der Waals surface area contributed by atoms with E-state index in [2.05, 4.69) is 10.1 Å². The van der Waals surface area contributed by atoms with Gasteiger partial charge in [0.1, 0.15) is 5.15 Å². The molecule has 72 valence electrons. The number of hydrogen-bond acceptors (Lipinski definition) is 3. The van der Waals surface area contributed by atoms with Gasteiger partial charge in [0.2, 0.25) is 0 Å². The van der Waals surface area contributed by atoms with Crippen molar-refractivity contribution in [1.82, 2.24) is 14.6 Å². The molecule has 3 nitrogen and oxygen atoms in total. The van der Waals surface area contributed by atoms with Crippen molar-refractivity contribution in [2.45, 2.75) is 18.4 Å². The molecule has 0 spiro atoms. The first-order valence-corrected chi connectivity index (χ1v) is 5.90. The standard InChI is InChI=1S/C9H8ClN3S/c1-5-2-11-13-8(10)6-3-14-4-7(6)12-9(5)13/h2H,3-4H2,1H3. The average molecular weight is 226 g/mol. The minimum atomic E-state index is 0.725. The lowest BCUT2D eigenvalue weighted by atomic mass is 10.3. The second-order valence-corrected chi connectivity index (χ2v) is 4.73. The second kappa shape index (κ2) is 2.87. The summed E-state index contributed by atoms with van der Waals surface area (Å²) in [6.45, 7) is 2.00. The Balaban J connectivity index is 2.45. The third kappa shape index (κ3) is 1.01. The monoisotopic (exact) mass is 225 g/mol. The third-order valence-electron chi connectivity index (χ3n) is 2.43. The van der Waals surface area contributed by atoms with E-state index in [4.69, 9.17) is 11.6 Å². The first-order valence-electron chi connectivity index (χ1n) is 4.36. The molecule has 0 N–H and O–H groups in total. The largest absolute Gasteiger partial charge is 0.232 e. The first-order chi connectivity index (χ1) is 6.77. The lowest BCUT2D eigenvalue weighted by molar-refractivity contribution is 0.916. The molecule has 0 saturated heterocycles. The van der Waals surface area contributed by atoms with Crippen LogP contribution >= 0.6 is 23.4 Å². The average Bonchev–Trinajstić information content (AvgIpc) is 2.75. The van der Waals surface area contributed by atoms with Crippen molar-refractivity contribution in [1.29, 1.82) is 0 Å². The molecule has 0 bridgehead atoms. The highest BCUT2D eigenvalue weighted by Crippen LogP contribution is 2.34. The predicted molar refractivity (Wildman–Crippen MR) is 57.7 cm³/mol. The predicted octanol–water partition coefficient (Wildman–Crippen LogP) is 2.44. The van der Waals surface area contributed by atoms with Crippen molar-refractivity contribution < 1.29 is 0 Å². The topological polar surface area (TPSA) is 30.2 Å². The van der Waals surface area contributed by atoms with Gasteiger partial charge < -0.3 is 0 Å². The molecule has 14 heavy (non-hydrogen) atoms. The van der Waals surface area contributed by atoms with Crippen LogP contribution in [0.2, 0.25) is 5.15 Å². The zero-order chi connectivity index (χ0) is 9.71. The Morgan fingerprint density at radius 3 is 3.21 bits per heavy atom. The van der Waals surface area contributed by atoms with Crippen molar-refractivity contribution >= 4 is 29.0 Å². The van der Waals surface area contributed by atoms with E-state index in [9.17, 15) is 0 Å². The quantitative estimate of drug-likeness (QED) is 0.646. The Hall–Kier alpha value is -0.740. The SMILES string of the molecule is Cc1cnn2c(Cl)c3c(nc12)CSC3. The van der Waals surface area contributed by atoms with Crippen LogP contribution in [0.3, 0.4) is 0 Å². The number of aryl methyl sites for hydroxylation is 1. The Morgan fingerprint density at radius 2 is 2.36 bits per heavy atom. The van der Waals surface area contributed by atoms with E-state index in [1.165, 1.54) is 0 Å². The highest BCUT2D eigenvalue weighted by Gasteiger charge is 2.20. The van der Waals surface area contributed by atoms with E-state index in [-0.39, 0.29) is 0 Å². The van der Waals surface area contributed by atoms with Gasteiger partial charge in [-0.3, -0.25) is 0 Å². The van der Waals surface area contributed by atoms with Crippen LogP contribution in [0.4, 0.5) is 0 Å². The highest BCUT2D eigenvalue weighted by molar-refractivity contribution is 7.98. The van der Waals surface area contributed by atoms with E-state index >= 15 is 0 Å². The van der Waals surface area contributed by atoms with Gasteiger partial charge in [0.05, 0.1) is 11.9 Å². The van der Waals surface area contributed by atoms with Crippen LogP contribution in [0.1, 0.15) is 16.8 Å². The summed E-state index contributed by atoms with van der Waals surface area (Å²) in [6.07, 6.45) is 1.80. The van der Waals surface area contributed by atoms with E-state index < -0.39 is 0 Å².